The second kappa shape index (κ2) is 11.6. The number of sulfone groups is 1. The van der Waals surface area contributed by atoms with Crippen LogP contribution in [0.15, 0.2) is 81.4 Å². The van der Waals surface area contributed by atoms with E-state index in [2.05, 4.69) is 16.0 Å². The number of hydrogen-bond acceptors (Lipinski definition) is 7. The minimum Gasteiger partial charge on any atom is -0.492 e. The lowest BCUT2D eigenvalue weighted by atomic mass is 10.0. The van der Waals surface area contributed by atoms with Crippen LogP contribution in [-0.2, 0) is 16.3 Å². The Morgan fingerprint density at radius 3 is 2.46 bits per heavy atom. The van der Waals surface area contributed by atoms with Gasteiger partial charge in [0.1, 0.15) is 5.82 Å². The third-order valence-electron chi connectivity index (χ3n) is 6.73. The summed E-state index contributed by atoms with van der Waals surface area (Å²) in [5.74, 6) is -0.509. The zero-order valence-electron chi connectivity index (χ0n) is 22.1. The summed E-state index contributed by atoms with van der Waals surface area (Å²) in [4.78, 5) is 21.6. The van der Waals surface area contributed by atoms with Gasteiger partial charge in [-0.3, -0.25) is 14.3 Å². The van der Waals surface area contributed by atoms with Gasteiger partial charge >= 0.3 is 0 Å². The number of hydrogen-bond donors (Lipinski definition) is 1. The molecule has 4 rings (SSSR count). The highest BCUT2D eigenvalue weighted by Crippen LogP contribution is 2.30. The highest BCUT2D eigenvalue weighted by Gasteiger charge is 2.31. The van der Waals surface area contributed by atoms with Crippen LogP contribution in [0, 0.1) is 18.3 Å². The predicted molar refractivity (Wildman–Crippen MR) is 148 cm³/mol. The topological polar surface area (TPSA) is 126 Å². The quantitative estimate of drug-likeness (QED) is 0.301. The summed E-state index contributed by atoms with van der Waals surface area (Å²) < 4.78 is 28.9. The van der Waals surface area contributed by atoms with E-state index in [1.807, 2.05) is 26.8 Å². The van der Waals surface area contributed by atoms with Gasteiger partial charge in [-0.15, -0.1) is 0 Å². The maximum atomic E-state index is 14.0. The summed E-state index contributed by atoms with van der Waals surface area (Å²) in [6, 6.07) is 18.2. The molecule has 0 radical (unpaired) electrons. The number of rotatable bonds is 9. The van der Waals surface area contributed by atoms with Crippen molar-refractivity contribution in [3.05, 3.63) is 99.9 Å². The van der Waals surface area contributed by atoms with Crippen LogP contribution < -0.4 is 5.56 Å². The predicted octanol–water partition coefficient (Wildman–Crippen LogP) is 5.37. The van der Waals surface area contributed by atoms with Gasteiger partial charge in [-0.2, -0.15) is 10.2 Å². The smallest absolute Gasteiger partial charge is 0.277 e. The van der Waals surface area contributed by atoms with Crippen LogP contribution in [0.25, 0.3) is 11.1 Å². The maximum absolute atomic E-state index is 14.0. The summed E-state index contributed by atoms with van der Waals surface area (Å²) in [7, 11) is -4.42. The van der Waals surface area contributed by atoms with E-state index in [4.69, 9.17) is 0 Å². The van der Waals surface area contributed by atoms with Gasteiger partial charge in [0.25, 0.3) is 5.56 Å². The minimum absolute atomic E-state index is 0.130. The van der Waals surface area contributed by atoms with Crippen molar-refractivity contribution < 1.29 is 13.5 Å². The first-order valence-electron chi connectivity index (χ1n) is 12.8. The Morgan fingerprint density at radius 2 is 1.82 bits per heavy atom. The standard InChI is InChI=1S/C30H30N4O4S/c1-4-6-12-27-33-29(35)28(30(36)34(27)26(5-2)23-10-7-9-21(18-23)19-31)39(37,38)24-15-13-22(14-16-24)25-11-8-17-32-20(25)3/h7-11,13-18,26,35H,4-6,12H2,1-3H3/t26-/m0/s1. The molecule has 1 N–H and O–H groups in total. The Balaban J connectivity index is 1.88. The summed E-state index contributed by atoms with van der Waals surface area (Å²) in [5, 5.41) is 20.2. The van der Waals surface area contributed by atoms with Gasteiger partial charge in [-0.1, -0.05) is 50.6 Å². The molecule has 9 heteroatoms. The molecule has 0 aliphatic carbocycles. The van der Waals surface area contributed by atoms with E-state index in [9.17, 15) is 23.6 Å². The first-order chi connectivity index (χ1) is 18.7. The first kappa shape index (κ1) is 27.7. The van der Waals surface area contributed by atoms with E-state index >= 15 is 0 Å². The highest BCUT2D eigenvalue weighted by molar-refractivity contribution is 7.91. The minimum atomic E-state index is -4.42. The summed E-state index contributed by atoms with van der Waals surface area (Å²) in [6.45, 7) is 5.73. The fourth-order valence-electron chi connectivity index (χ4n) is 4.72. The molecular weight excluding hydrogens is 512 g/mol. The normalized spacial score (nSPS) is 12.2. The van der Waals surface area contributed by atoms with Crippen LogP contribution in [-0.4, -0.2) is 28.1 Å². The number of benzene rings is 2. The van der Waals surface area contributed by atoms with Crippen molar-refractivity contribution in [1.82, 2.24) is 14.5 Å². The zero-order chi connectivity index (χ0) is 28.2. The van der Waals surface area contributed by atoms with E-state index < -0.39 is 32.2 Å². The molecule has 0 unspecified atom stereocenters. The molecule has 0 amide bonds. The molecule has 2 aromatic carbocycles. The maximum Gasteiger partial charge on any atom is 0.277 e. The third-order valence-corrected chi connectivity index (χ3v) is 8.52. The average Bonchev–Trinajstić information content (AvgIpc) is 2.94. The average molecular weight is 543 g/mol. The van der Waals surface area contributed by atoms with Crippen molar-refractivity contribution in [2.75, 3.05) is 0 Å². The van der Waals surface area contributed by atoms with Gasteiger partial charge < -0.3 is 5.11 Å². The molecule has 0 bridgehead atoms. The van der Waals surface area contributed by atoms with Crippen molar-refractivity contribution in [2.24, 2.45) is 0 Å². The summed E-state index contributed by atoms with van der Waals surface area (Å²) in [5.41, 5.74) is 2.71. The van der Waals surface area contributed by atoms with E-state index in [1.165, 1.54) is 16.7 Å². The van der Waals surface area contributed by atoms with Gasteiger partial charge in [0.05, 0.1) is 22.6 Å². The number of nitriles is 1. The van der Waals surface area contributed by atoms with E-state index in [1.54, 1.807) is 48.7 Å². The number of nitrogens with zero attached hydrogens (tertiary/aromatic N) is 4. The van der Waals surface area contributed by atoms with Gasteiger partial charge in [0.15, 0.2) is 4.90 Å². The summed E-state index contributed by atoms with van der Waals surface area (Å²) in [6.07, 6.45) is 4.02. The van der Waals surface area contributed by atoms with Gasteiger partial charge in [0.2, 0.25) is 15.7 Å². The zero-order valence-corrected chi connectivity index (χ0v) is 22.9. The molecular formula is C30H30N4O4S. The monoisotopic (exact) mass is 542 g/mol. The lowest BCUT2D eigenvalue weighted by molar-refractivity contribution is 0.406. The Kier molecular flexibility index (Phi) is 8.27. The Bertz CT molecular complexity index is 1700. The molecule has 0 aliphatic heterocycles. The number of unbranched alkanes of at least 4 members (excludes halogenated alkanes) is 1. The Morgan fingerprint density at radius 1 is 1.08 bits per heavy atom. The molecule has 0 spiro atoms. The van der Waals surface area contributed by atoms with E-state index in [-0.39, 0.29) is 4.90 Å². The van der Waals surface area contributed by atoms with Crippen molar-refractivity contribution in [3.8, 4) is 23.1 Å². The molecule has 8 nitrogen and oxygen atoms in total. The first-order valence-corrected chi connectivity index (χ1v) is 14.3. The van der Waals surface area contributed by atoms with E-state index in [0.29, 0.717) is 36.2 Å². The second-order valence-electron chi connectivity index (χ2n) is 9.28. The molecule has 39 heavy (non-hydrogen) atoms. The van der Waals surface area contributed by atoms with Gasteiger partial charge in [-0.25, -0.2) is 8.42 Å². The molecule has 200 valence electrons. The Hall–Kier alpha value is -4.29. The van der Waals surface area contributed by atoms with Crippen molar-refractivity contribution in [3.63, 3.8) is 0 Å². The molecule has 2 heterocycles. The molecule has 4 aromatic rings. The second-order valence-corrected chi connectivity index (χ2v) is 11.2. The van der Waals surface area contributed by atoms with Crippen LogP contribution in [0.5, 0.6) is 5.88 Å². The number of pyridine rings is 1. The SMILES string of the molecule is CCCCc1nc(O)c(S(=O)(=O)c2ccc(-c3cccnc3C)cc2)c(=O)n1[C@@H](CC)c1cccc(C#N)c1. The van der Waals surface area contributed by atoms with Crippen molar-refractivity contribution in [1.29, 1.82) is 5.26 Å². The van der Waals surface area contributed by atoms with Crippen LogP contribution >= 0.6 is 0 Å². The van der Waals surface area contributed by atoms with Crippen LogP contribution in [0.2, 0.25) is 0 Å². The molecule has 0 saturated heterocycles. The van der Waals surface area contributed by atoms with Crippen LogP contribution in [0.3, 0.4) is 0 Å². The molecule has 0 fully saturated rings. The lowest BCUT2D eigenvalue weighted by Gasteiger charge is -2.23. The highest BCUT2D eigenvalue weighted by atomic mass is 32.2. The third kappa shape index (κ3) is 5.47. The Labute approximate surface area is 228 Å². The molecule has 0 aliphatic rings. The fourth-order valence-corrected chi connectivity index (χ4v) is 6.06. The van der Waals surface area contributed by atoms with Crippen LogP contribution in [0.4, 0.5) is 0 Å². The van der Waals surface area contributed by atoms with Crippen molar-refractivity contribution >= 4 is 9.84 Å². The van der Waals surface area contributed by atoms with E-state index in [0.717, 1.165) is 23.2 Å². The van der Waals surface area contributed by atoms with Crippen LogP contribution in [0.1, 0.15) is 61.8 Å². The molecule has 0 saturated carbocycles. The van der Waals surface area contributed by atoms with Gasteiger partial charge in [-0.05, 0) is 61.2 Å². The number of aromatic hydroxyl groups is 1. The fraction of sp³-hybridized carbons (Fsp3) is 0.267. The number of aryl methyl sites for hydroxylation is 2. The molecule has 1 atom stereocenters. The summed E-state index contributed by atoms with van der Waals surface area (Å²) >= 11 is 0. The van der Waals surface area contributed by atoms with Crippen molar-refractivity contribution in [2.45, 2.75) is 62.3 Å². The largest absolute Gasteiger partial charge is 0.492 e. The molecule has 2 aromatic heterocycles. The van der Waals surface area contributed by atoms with Gasteiger partial charge in [0, 0.05) is 23.9 Å². The number of aromatic nitrogens is 3. The lowest BCUT2D eigenvalue weighted by Crippen LogP contribution is -2.33.